The van der Waals surface area contributed by atoms with Gasteiger partial charge in [0, 0.05) is 19.2 Å². The Balaban J connectivity index is 2.14. The molecule has 9 heteroatoms. The van der Waals surface area contributed by atoms with Crippen molar-refractivity contribution in [1.29, 1.82) is 0 Å². The Morgan fingerprint density at radius 3 is 2.90 bits per heavy atom. The second-order valence-corrected chi connectivity index (χ2v) is 5.51. The summed E-state index contributed by atoms with van der Waals surface area (Å²) in [5.74, 6) is -1.05. The zero-order valence-corrected chi connectivity index (χ0v) is 13.4. The molecule has 0 spiro atoms. The predicted molar refractivity (Wildman–Crippen MR) is 78.8 cm³/mol. The number of hydrogen-bond acceptors (Lipinski definition) is 5. The van der Waals surface area contributed by atoms with E-state index in [-0.39, 0.29) is 6.42 Å². The summed E-state index contributed by atoms with van der Waals surface area (Å²) in [6.45, 7) is 5.21. The van der Waals surface area contributed by atoms with Gasteiger partial charge in [0.25, 0.3) is 0 Å². The van der Waals surface area contributed by atoms with Crippen molar-refractivity contribution in [2.24, 2.45) is 5.73 Å². The van der Waals surface area contributed by atoms with Crippen LogP contribution in [0.5, 0.6) is 0 Å². The second kappa shape index (κ2) is 6.35. The lowest BCUT2D eigenvalue weighted by molar-refractivity contribution is -0.138. The van der Waals surface area contributed by atoms with Crippen molar-refractivity contribution >= 4 is 21.9 Å². The minimum absolute atomic E-state index is 0.155. The monoisotopic (exact) mass is 356 g/mol. The van der Waals surface area contributed by atoms with Crippen LogP contribution in [0.3, 0.4) is 0 Å². The first kappa shape index (κ1) is 15.6. The normalized spacial score (nSPS) is 12.6. The Morgan fingerprint density at radius 2 is 2.29 bits per heavy atom. The van der Waals surface area contributed by atoms with Gasteiger partial charge < -0.3 is 10.8 Å². The maximum absolute atomic E-state index is 10.7. The molecule has 2 heterocycles. The lowest BCUT2D eigenvalue weighted by Gasteiger charge is -2.05. The van der Waals surface area contributed by atoms with E-state index in [0.29, 0.717) is 12.2 Å². The summed E-state index contributed by atoms with van der Waals surface area (Å²) in [5, 5.41) is 21.2. The molecular weight excluding hydrogens is 340 g/mol. The van der Waals surface area contributed by atoms with E-state index in [1.807, 2.05) is 18.5 Å². The van der Waals surface area contributed by atoms with Crippen molar-refractivity contribution in [3.05, 3.63) is 27.8 Å². The van der Waals surface area contributed by atoms with Crippen LogP contribution in [0.2, 0.25) is 0 Å². The van der Waals surface area contributed by atoms with Crippen LogP contribution in [0.1, 0.15) is 24.0 Å². The third-order valence-corrected chi connectivity index (χ3v) is 4.13. The number of carboxylic acids is 1. The highest BCUT2D eigenvalue weighted by atomic mass is 79.9. The van der Waals surface area contributed by atoms with Crippen LogP contribution in [0.25, 0.3) is 0 Å². The van der Waals surface area contributed by atoms with Crippen LogP contribution in [0, 0.1) is 6.92 Å². The van der Waals surface area contributed by atoms with Crippen molar-refractivity contribution in [1.82, 2.24) is 24.8 Å². The topological polar surface area (TPSA) is 112 Å². The molecule has 0 aliphatic heterocycles. The lowest BCUT2D eigenvalue weighted by Crippen LogP contribution is -2.32. The number of nitrogens with two attached hydrogens (primary N) is 1. The highest BCUT2D eigenvalue weighted by molar-refractivity contribution is 9.10. The van der Waals surface area contributed by atoms with E-state index >= 15 is 0 Å². The summed E-state index contributed by atoms with van der Waals surface area (Å²) in [6.07, 6.45) is 1.86. The van der Waals surface area contributed by atoms with E-state index in [1.165, 1.54) is 0 Å². The van der Waals surface area contributed by atoms with Gasteiger partial charge in [-0.15, -0.1) is 5.10 Å². The summed E-state index contributed by atoms with van der Waals surface area (Å²) in [7, 11) is 0. The number of aliphatic carboxylic acids is 1. The molecule has 0 saturated heterocycles. The molecule has 0 saturated carbocycles. The number of halogens is 1. The largest absolute Gasteiger partial charge is 0.480 e. The van der Waals surface area contributed by atoms with E-state index < -0.39 is 12.0 Å². The number of aryl methyl sites for hydroxylation is 2. The first-order valence-electron chi connectivity index (χ1n) is 6.51. The fourth-order valence-electron chi connectivity index (χ4n) is 2.00. The van der Waals surface area contributed by atoms with Crippen LogP contribution in [-0.2, 0) is 24.3 Å². The van der Waals surface area contributed by atoms with Gasteiger partial charge in [0.1, 0.15) is 6.04 Å². The molecule has 2 aromatic rings. The number of aromatic nitrogens is 5. The molecule has 1 atom stereocenters. The molecular formula is C12H17BrN6O2. The molecule has 0 aliphatic rings. The van der Waals surface area contributed by atoms with E-state index in [1.54, 1.807) is 10.9 Å². The average Bonchev–Trinajstić information content (AvgIpc) is 2.98. The number of carbonyl (C=O) groups is 1. The molecule has 0 aromatic carbocycles. The Hall–Kier alpha value is -1.74. The highest BCUT2D eigenvalue weighted by Gasteiger charge is 2.16. The van der Waals surface area contributed by atoms with Crippen LogP contribution >= 0.6 is 15.9 Å². The third kappa shape index (κ3) is 3.48. The summed E-state index contributed by atoms with van der Waals surface area (Å²) < 4.78 is 4.49. The molecule has 1 unspecified atom stereocenters. The van der Waals surface area contributed by atoms with Gasteiger partial charge in [0.05, 0.1) is 28.1 Å². The van der Waals surface area contributed by atoms with Crippen molar-refractivity contribution in [3.8, 4) is 0 Å². The molecule has 2 aromatic heterocycles. The predicted octanol–water partition coefficient (Wildman–Crippen LogP) is 0.568. The fraction of sp³-hybridized carbons (Fsp3) is 0.500. The molecule has 3 N–H and O–H groups in total. The molecule has 0 radical (unpaired) electrons. The van der Waals surface area contributed by atoms with Gasteiger partial charge in [-0.2, -0.15) is 5.10 Å². The Morgan fingerprint density at radius 1 is 1.57 bits per heavy atom. The van der Waals surface area contributed by atoms with E-state index in [9.17, 15) is 4.79 Å². The Labute approximate surface area is 130 Å². The first-order chi connectivity index (χ1) is 9.92. The van der Waals surface area contributed by atoms with Crippen molar-refractivity contribution < 1.29 is 9.90 Å². The molecule has 21 heavy (non-hydrogen) atoms. The van der Waals surface area contributed by atoms with Gasteiger partial charge in [0.15, 0.2) is 0 Å². The minimum atomic E-state index is -1.05. The van der Waals surface area contributed by atoms with Crippen molar-refractivity contribution in [3.63, 3.8) is 0 Å². The number of rotatable bonds is 6. The molecule has 0 bridgehead atoms. The first-order valence-corrected chi connectivity index (χ1v) is 7.30. The van der Waals surface area contributed by atoms with Crippen LogP contribution in [0.15, 0.2) is 10.7 Å². The Kier molecular flexibility index (Phi) is 4.73. The average molecular weight is 357 g/mol. The summed E-state index contributed by atoms with van der Waals surface area (Å²) >= 11 is 3.52. The standard InChI is InChI=1S/C12H17BrN6O2/c1-3-19-10(11(13)7(2)16-19)6-18-5-8(15-17-18)4-9(14)12(20)21/h5,9H,3-4,6,14H2,1-2H3,(H,20,21). The number of nitrogens with zero attached hydrogens (tertiary/aromatic N) is 5. The summed E-state index contributed by atoms with van der Waals surface area (Å²) in [4.78, 5) is 10.7. The third-order valence-electron chi connectivity index (χ3n) is 3.10. The molecule has 114 valence electrons. The maximum atomic E-state index is 10.7. The van der Waals surface area contributed by atoms with Crippen LogP contribution in [0.4, 0.5) is 0 Å². The summed E-state index contributed by atoms with van der Waals surface area (Å²) in [6, 6.07) is -0.967. The summed E-state index contributed by atoms with van der Waals surface area (Å²) in [5.41, 5.74) is 7.95. The quantitative estimate of drug-likeness (QED) is 0.782. The van der Waals surface area contributed by atoms with Gasteiger partial charge in [-0.1, -0.05) is 5.21 Å². The van der Waals surface area contributed by atoms with Crippen molar-refractivity contribution in [2.75, 3.05) is 0 Å². The minimum Gasteiger partial charge on any atom is -0.480 e. The number of carboxylic acid groups (broad SMARTS) is 1. The van der Waals surface area contributed by atoms with Crippen LogP contribution in [-0.4, -0.2) is 41.9 Å². The lowest BCUT2D eigenvalue weighted by atomic mass is 10.2. The molecule has 0 amide bonds. The second-order valence-electron chi connectivity index (χ2n) is 4.72. The molecule has 0 aliphatic carbocycles. The highest BCUT2D eigenvalue weighted by Crippen LogP contribution is 2.21. The zero-order valence-electron chi connectivity index (χ0n) is 11.8. The van der Waals surface area contributed by atoms with Gasteiger partial charge in [-0.25, -0.2) is 4.68 Å². The fourth-order valence-corrected chi connectivity index (χ4v) is 2.40. The van der Waals surface area contributed by atoms with Gasteiger partial charge in [0.2, 0.25) is 0 Å². The van der Waals surface area contributed by atoms with Crippen molar-refractivity contribution in [2.45, 2.75) is 39.4 Å². The van der Waals surface area contributed by atoms with Gasteiger partial charge in [-0.3, -0.25) is 9.48 Å². The molecule has 8 nitrogen and oxygen atoms in total. The molecule has 0 fully saturated rings. The molecule has 2 rings (SSSR count). The zero-order chi connectivity index (χ0) is 15.6. The maximum Gasteiger partial charge on any atom is 0.320 e. The van der Waals surface area contributed by atoms with E-state index in [2.05, 4.69) is 31.3 Å². The SMILES string of the molecule is CCn1nc(C)c(Br)c1Cn1cc(CC(N)C(=O)O)nn1. The smallest absolute Gasteiger partial charge is 0.320 e. The van der Waals surface area contributed by atoms with Crippen LogP contribution < -0.4 is 5.73 Å². The van der Waals surface area contributed by atoms with Gasteiger partial charge in [-0.05, 0) is 29.8 Å². The van der Waals surface area contributed by atoms with E-state index in [4.69, 9.17) is 10.8 Å². The van der Waals surface area contributed by atoms with Gasteiger partial charge >= 0.3 is 5.97 Å². The van der Waals surface area contributed by atoms with E-state index in [0.717, 1.165) is 22.4 Å². The number of hydrogen-bond donors (Lipinski definition) is 2. The Bertz CT molecular complexity index is 650.